The fourth-order valence-corrected chi connectivity index (χ4v) is 3.41. The molecule has 0 aromatic carbocycles. The Balaban J connectivity index is 0. The monoisotopic (exact) mass is 739 g/mol. The van der Waals surface area contributed by atoms with Gasteiger partial charge in [0.2, 0.25) is 0 Å². The third-order valence-electron chi connectivity index (χ3n) is 4.68. The molecule has 0 rings (SSSR count). The molecule has 26 heteroatoms. The lowest BCUT2D eigenvalue weighted by molar-refractivity contribution is -0.461. The van der Waals surface area contributed by atoms with Crippen LogP contribution < -0.4 is 0 Å². The molecule has 0 amide bonds. The first-order valence-electron chi connectivity index (χ1n) is 10.9. The molecule has 0 aliphatic rings. The minimum absolute atomic E-state index is 0.00766. The molecule has 1 unspecified atom stereocenters. The number of hydrogen-bond acceptors (Lipinski definition) is 6. The Labute approximate surface area is 241 Å². The van der Waals surface area contributed by atoms with Gasteiger partial charge in [-0.15, -0.1) is 11.8 Å². The fourth-order valence-electron chi connectivity index (χ4n) is 2.32. The molecule has 0 aliphatic heterocycles. The highest BCUT2D eigenvalue weighted by atomic mass is 32.3. The van der Waals surface area contributed by atoms with Crippen LogP contribution in [0.4, 0.5) is 79.0 Å². The van der Waals surface area contributed by atoms with Gasteiger partial charge in [0.15, 0.2) is 5.50 Å². The van der Waals surface area contributed by atoms with Gasteiger partial charge in [-0.1, -0.05) is 0 Å². The highest BCUT2D eigenvalue weighted by Gasteiger charge is 2.95. The summed E-state index contributed by atoms with van der Waals surface area (Å²) < 4.78 is 273. The van der Waals surface area contributed by atoms with E-state index in [2.05, 4.69) is 4.18 Å². The van der Waals surface area contributed by atoms with Gasteiger partial charge < -0.3 is 9.64 Å². The van der Waals surface area contributed by atoms with E-state index in [1.807, 2.05) is 0 Å². The zero-order chi connectivity index (χ0) is 36.0. The standard InChI is InChI=1S/C16H17F18NOS.C2H6O4S/c1-35(2)3-4-36-5-6-37-8(17)7-9(18,19)10(20,21)11(22,23)12(24,25)13(26,27)14(28,29)15(30,31)16(32,33)34;1-2-6-7(3,4)5/h8H,3-7H2,1-2H3;2H2,1H3,(H,3,4,5). The molecule has 1 atom stereocenters. The van der Waals surface area contributed by atoms with Crippen LogP contribution in [0.3, 0.4) is 0 Å². The minimum Gasteiger partial charge on any atom is -0.379 e. The third kappa shape index (κ3) is 10.2. The molecule has 0 bridgehead atoms. The van der Waals surface area contributed by atoms with Crippen molar-refractivity contribution in [3.63, 3.8) is 0 Å². The average Bonchev–Trinajstić information content (AvgIpc) is 2.78. The molecule has 6 nitrogen and oxygen atoms in total. The van der Waals surface area contributed by atoms with Crippen molar-refractivity contribution in [3.05, 3.63) is 0 Å². The SMILES string of the molecule is CCOS(=O)(=O)O.CN(C)CCOCCSC(F)CC(F)(F)C(F)(F)C(F)(F)C(F)(F)C(F)(F)C(F)(F)C(F)(F)C(F)(F)F. The van der Waals surface area contributed by atoms with Crippen LogP contribution in [0, 0.1) is 0 Å². The Morgan fingerprint density at radius 1 is 0.705 bits per heavy atom. The van der Waals surface area contributed by atoms with Crippen LogP contribution in [0.2, 0.25) is 0 Å². The molecule has 0 radical (unpaired) electrons. The summed E-state index contributed by atoms with van der Waals surface area (Å²) in [5.41, 5.74) is -3.31. The van der Waals surface area contributed by atoms with Crippen LogP contribution >= 0.6 is 11.8 Å². The molecule has 268 valence electrons. The van der Waals surface area contributed by atoms with Crippen molar-refractivity contribution in [1.29, 1.82) is 0 Å². The Hall–Kier alpha value is -1.12. The van der Waals surface area contributed by atoms with Gasteiger partial charge in [0.25, 0.3) is 0 Å². The summed E-state index contributed by atoms with van der Waals surface area (Å²) in [4.78, 5) is 1.59. The summed E-state index contributed by atoms with van der Waals surface area (Å²) >= 11 is -0.331. The number of halogens is 18. The summed E-state index contributed by atoms with van der Waals surface area (Å²) in [6.07, 6.45) is -10.9. The van der Waals surface area contributed by atoms with E-state index in [-0.39, 0.29) is 25.0 Å². The number of hydrogen-bond donors (Lipinski definition) is 1. The van der Waals surface area contributed by atoms with E-state index in [9.17, 15) is 87.4 Å². The maximum atomic E-state index is 13.7. The van der Waals surface area contributed by atoms with E-state index >= 15 is 0 Å². The molecular weight excluding hydrogens is 716 g/mol. The van der Waals surface area contributed by atoms with Gasteiger partial charge in [-0.05, 0) is 21.0 Å². The van der Waals surface area contributed by atoms with E-state index in [0.29, 0.717) is 6.54 Å². The van der Waals surface area contributed by atoms with Crippen molar-refractivity contribution in [2.24, 2.45) is 0 Å². The molecule has 1 N–H and O–H groups in total. The van der Waals surface area contributed by atoms with Crippen LogP contribution in [-0.2, 0) is 19.3 Å². The lowest BCUT2D eigenvalue weighted by atomic mass is 9.88. The lowest BCUT2D eigenvalue weighted by Gasteiger charge is -2.42. The van der Waals surface area contributed by atoms with Crippen LogP contribution in [0.15, 0.2) is 0 Å². The highest BCUT2D eigenvalue weighted by Crippen LogP contribution is 2.64. The van der Waals surface area contributed by atoms with E-state index in [4.69, 9.17) is 9.29 Å². The number of nitrogens with zero attached hydrogens (tertiary/aromatic N) is 1. The quantitative estimate of drug-likeness (QED) is 0.0998. The number of likely N-dealkylation sites (N-methyl/N-ethyl adjacent to an activating group) is 1. The Morgan fingerprint density at radius 2 is 1.09 bits per heavy atom. The fraction of sp³-hybridized carbons (Fsp3) is 1.00. The second-order valence-corrected chi connectivity index (χ2v) is 10.7. The molecule has 0 heterocycles. The molecule has 0 aliphatic carbocycles. The van der Waals surface area contributed by atoms with E-state index in [0.717, 1.165) is 0 Å². The van der Waals surface area contributed by atoms with Crippen LogP contribution in [0.25, 0.3) is 0 Å². The van der Waals surface area contributed by atoms with Crippen LogP contribution in [0.1, 0.15) is 13.3 Å². The van der Waals surface area contributed by atoms with Gasteiger partial charge in [-0.3, -0.25) is 4.55 Å². The van der Waals surface area contributed by atoms with Gasteiger partial charge in [-0.25, -0.2) is 8.57 Å². The molecular formula is C18H23F18NO5S2. The number of rotatable bonds is 17. The number of alkyl halides is 18. The third-order valence-corrected chi connectivity index (χ3v) is 6.14. The zero-order valence-corrected chi connectivity index (χ0v) is 23.6. The second kappa shape index (κ2) is 15.2. The predicted molar refractivity (Wildman–Crippen MR) is 115 cm³/mol. The summed E-state index contributed by atoms with van der Waals surface area (Å²) in [5, 5.41) is 0. The normalized spacial score (nSPS) is 15.7. The minimum atomic E-state index is -8.70. The Bertz CT molecular complexity index is 992. The molecule has 0 saturated carbocycles. The van der Waals surface area contributed by atoms with Gasteiger partial charge in [0, 0.05) is 12.3 Å². The van der Waals surface area contributed by atoms with Crippen molar-refractivity contribution < 1.29 is 101 Å². The van der Waals surface area contributed by atoms with Gasteiger partial charge in [0.1, 0.15) is 0 Å². The van der Waals surface area contributed by atoms with Crippen molar-refractivity contribution in [2.75, 3.05) is 46.2 Å². The Morgan fingerprint density at radius 3 is 1.41 bits per heavy atom. The van der Waals surface area contributed by atoms with E-state index in [1.54, 1.807) is 19.0 Å². The summed E-state index contributed by atoms with van der Waals surface area (Å²) in [7, 11) is -0.987. The first kappa shape index (κ1) is 45.0. The molecule has 0 spiro atoms. The molecule has 0 aromatic rings. The van der Waals surface area contributed by atoms with Gasteiger partial charge in [-0.2, -0.15) is 83.1 Å². The molecule has 0 aromatic heterocycles. The lowest BCUT2D eigenvalue weighted by Crippen LogP contribution is -2.74. The Kier molecular flexibility index (Phi) is 15.5. The first-order valence-corrected chi connectivity index (χ1v) is 13.3. The molecule has 44 heavy (non-hydrogen) atoms. The van der Waals surface area contributed by atoms with Crippen LogP contribution in [0.5, 0.6) is 0 Å². The van der Waals surface area contributed by atoms with Gasteiger partial charge in [0.05, 0.1) is 26.2 Å². The maximum Gasteiger partial charge on any atom is 0.460 e. The average molecular weight is 739 g/mol. The van der Waals surface area contributed by atoms with Crippen molar-refractivity contribution in [2.45, 2.75) is 66.5 Å². The van der Waals surface area contributed by atoms with E-state index < -0.39 is 82.3 Å². The summed E-state index contributed by atoms with van der Waals surface area (Å²) in [6.45, 7) is 1.29. The van der Waals surface area contributed by atoms with Crippen LogP contribution in [-0.4, -0.2) is 117 Å². The van der Waals surface area contributed by atoms with E-state index in [1.165, 1.54) is 6.92 Å². The van der Waals surface area contributed by atoms with Gasteiger partial charge >= 0.3 is 58.0 Å². The molecule has 0 fully saturated rings. The summed E-state index contributed by atoms with van der Waals surface area (Å²) in [6, 6.07) is 0. The highest BCUT2D eigenvalue weighted by molar-refractivity contribution is 7.99. The number of ether oxygens (including phenoxy) is 1. The predicted octanol–water partition coefficient (Wildman–Crippen LogP) is 6.82. The zero-order valence-electron chi connectivity index (χ0n) is 22.0. The maximum absolute atomic E-state index is 13.7. The van der Waals surface area contributed by atoms with Crippen molar-refractivity contribution >= 4 is 22.2 Å². The smallest absolute Gasteiger partial charge is 0.379 e. The number of thioether (sulfide) groups is 1. The second-order valence-electron chi connectivity index (χ2n) is 8.38. The van der Waals surface area contributed by atoms with Crippen molar-refractivity contribution in [3.8, 4) is 0 Å². The summed E-state index contributed by atoms with van der Waals surface area (Å²) in [5.74, 6) is -57.8. The largest absolute Gasteiger partial charge is 0.460 e. The van der Waals surface area contributed by atoms with Crippen molar-refractivity contribution in [1.82, 2.24) is 4.90 Å². The topological polar surface area (TPSA) is 76.1 Å². The molecule has 0 saturated heterocycles. The first-order chi connectivity index (χ1) is 19.1.